The van der Waals surface area contributed by atoms with Crippen LogP contribution in [-0.4, -0.2) is 63.8 Å². The summed E-state index contributed by atoms with van der Waals surface area (Å²) in [6.45, 7) is 13.7. The van der Waals surface area contributed by atoms with Gasteiger partial charge in [-0.25, -0.2) is 0 Å². The molecule has 3 heterocycles. The summed E-state index contributed by atoms with van der Waals surface area (Å²) in [5.41, 5.74) is -1.94. The number of ether oxygens (including phenoxy) is 2. The minimum absolute atomic E-state index is 0.0365. The van der Waals surface area contributed by atoms with Gasteiger partial charge in [-0.3, -0.25) is 14.4 Å². The fourth-order valence-electron chi connectivity index (χ4n) is 7.39. The molecule has 3 aliphatic heterocycles. The molecule has 6 atom stereocenters. The zero-order valence-electron chi connectivity index (χ0n) is 23.2. The Bertz CT molecular complexity index is 1050. The zero-order valence-corrected chi connectivity index (χ0v) is 23.2. The molecule has 37 heavy (non-hydrogen) atoms. The third kappa shape index (κ3) is 4.67. The molecule has 1 aromatic carbocycles. The maximum absolute atomic E-state index is 14.3. The highest BCUT2D eigenvalue weighted by atomic mass is 16.6. The number of nitrogens with zero attached hydrogens (tertiary/aromatic N) is 1. The Morgan fingerprint density at radius 1 is 1.19 bits per heavy atom. The summed E-state index contributed by atoms with van der Waals surface area (Å²) in [5.74, 6) is -2.82. The second-order valence-corrected chi connectivity index (χ2v) is 12.9. The molecule has 0 saturated carbocycles. The molecule has 2 unspecified atom stereocenters. The van der Waals surface area contributed by atoms with Crippen LogP contribution >= 0.6 is 0 Å². The van der Waals surface area contributed by atoms with Crippen LogP contribution in [0.3, 0.4) is 0 Å². The van der Waals surface area contributed by atoms with Gasteiger partial charge in [-0.1, -0.05) is 51.1 Å². The molecule has 0 aliphatic carbocycles. The number of esters is 1. The number of amides is 2. The monoisotopic (exact) mass is 514 g/mol. The van der Waals surface area contributed by atoms with Gasteiger partial charge in [0.1, 0.15) is 17.6 Å². The van der Waals surface area contributed by atoms with Crippen molar-refractivity contribution >= 4 is 17.8 Å². The van der Waals surface area contributed by atoms with Crippen molar-refractivity contribution in [2.24, 2.45) is 17.3 Å². The Balaban J connectivity index is 1.81. The van der Waals surface area contributed by atoms with E-state index >= 15 is 0 Å². The van der Waals surface area contributed by atoms with Crippen LogP contribution in [0, 0.1) is 17.3 Å². The van der Waals surface area contributed by atoms with Crippen LogP contribution in [0.5, 0.6) is 0 Å². The molecule has 2 amide bonds. The first-order valence-corrected chi connectivity index (χ1v) is 13.4. The van der Waals surface area contributed by atoms with Gasteiger partial charge in [-0.2, -0.15) is 0 Å². The fourth-order valence-corrected chi connectivity index (χ4v) is 7.39. The van der Waals surface area contributed by atoms with Crippen LogP contribution < -0.4 is 5.32 Å². The summed E-state index contributed by atoms with van der Waals surface area (Å²) in [7, 11) is 0. The number of likely N-dealkylation sites (tertiary alicyclic amines) is 1. The summed E-state index contributed by atoms with van der Waals surface area (Å²) < 4.78 is 12.0. The first kappa shape index (κ1) is 27.6. The average molecular weight is 515 g/mol. The van der Waals surface area contributed by atoms with Crippen molar-refractivity contribution in [3.63, 3.8) is 0 Å². The summed E-state index contributed by atoms with van der Waals surface area (Å²) in [6.07, 6.45) is 1.73. The number of hydrogen-bond donors (Lipinski definition) is 2. The van der Waals surface area contributed by atoms with E-state index < -0.39 is 46.6 Å². The highest BCUT2D eigenvalue weighted by Crippen LogP contribution is 2.64. The number of nitrogens with one attached hydrogen (secondary N) is 1. The molecule has 0 aromatic heterocycles. The third-order valence-corrected chi connectivity index (χ3v) is 8.13. The lowest BCUT2D eigenvalue weighted by Crippen LogP contribution is -2.60. The van der Waals surface area contributed by atoms with Crippen LogP contribution in [0.4, 0.5) is 0 Å². The Hall–Kier alpha value is -2.45. The number of aliphatic hydroxyl groups is 1. The van der Waals surface area contributed by atoms with Crippen LogP contribution in [-0.2, 0) is 23.9 Å². The molecule has 8 nitrogen and oxygen atoms in total. The maximum Gasteiger partial charge on any atom is 0.312 e. The van der Waals surface area contributed by atoms with Gasteiger partial charge in [-0.15, -0.1) is 0 Å². The van der Waals surface area contributed by atoms with E-state index in [2.05, 4.69) is 26.1 Å². The van der Waals surface area contributed by atoms with Crippen molar-refractivity contribution in [3.8, 4) is 0 Å². The normalized spacial score (nSPS) is 31.8. The summed E-state index contributed by atoms with van der Waals surface area (Å²) in [6, 6.07) is 7.45. The molecule has 1 aromatic rings. The van der Waals surface area contributed by atoms with Gasteiger partial charge < -0.3 is 24.8 Å². The van der Waals surface area contributed by atoms with Gasteiger partial charge in [0, 0.05) is 5.54 Å². The number of rotatable bonds is 8. The third-order valence-electron chi connectivity index (χ3n) is 8.13. The van der Waals surface area contributed by atoms with Gasteiger partial charge in [0.2, 0.25) is 11.8 Å². The van der Waals surface area contributed by atoms with Crippen molar-refractivity contribution in [2.75, 3.05) is 13.2 Å². The van der Waals surface area contributed by atoms with Gasteiger partial charge in [0.25, 0.3) is 0 Å². The Morgan fingerprint density at radius 3 is 2.41 bits per heavy atom. The van der Waals surface area contributed by atoms with E-state index in [9.17, 15) is 19.5 Å². The SMILES string of the molecule is CCOC(=O)[C@H]1[C@H]2C(=O)N([C@H](CO)c3ccccc3)C(C(=O)NC(C)(C)CC(C)(C)C)C23CC[C@]1(C)O3. The lowest BCUT2D eigenvalue weighted by molar-refractivity contribution is -0.160. The number of fused-ring (bicyclic) bond motifs is 1. The van der Waals surface area contributed by atoms with E-state index in [1.54, 1.807) is 6.92 Å². The predicted octanol–water partition coefficient (Wildman–Crippen LogP) is 3.38. The number of carbonyl (C=O) groups excluding carboxylic acids is 3. The Morgan fingerprint density at radius 2 is 1.84 bits per heavy atom. The molecular formula is C29H42N2O6. The quantitative estimate of drug-likeness (QED) is 0.516. The minimum Gasteiger partial charge on any atom is -0.466 e. The number of benzene rings is 1. The van der Waals surface area contributed by atoms with E-state index in [1.165, 1.54) is 4.90 Å². The van der Waals surface area contributed by atoms with Crippen LogP contribution in [0.2, 0.25) is 0 Å². The lowest BCUT2D eigenvalue weighted by Gasteiger charge is -2.40. The van der Waals surface area contributed by atoms with Gasteiger partial charge >= 0.3 is 5.97 Å². The number of hydrogen-bond acceptors (Lipinski definition) is 6. The molecule has 4 rings (SSSR count). The van der Waals surface area contributed by atoms with Crippen molar-refractivity contribution in [1.29, 1.82) is 0 Å². The smallest absolute Gasteiger partial charge is 0.312 e. The molecule has 3 aliphatic rings. The van der Waals surface area contributed by atoms with Crippen molar-refractivity contribution < 1.29 is 29.0 Å². The minimum atomic E-state index is -1.17. The molecular weight excluding hydrogens is 472 g/mol. The summed E-state index contributed by atoms with van der Waals surface area (Å²) >= 11 is 0. The van der Waals surface area contributed by atoms with Gasteiger partial charge in [0.15, 0.2) is 0 Å². The molecule has 8 heteroatoms. The maximum atomic E-state index is 14.3. The van der Waals surface area contributed by atoms with E-state index in [0.717, 1.165) is 12.0 Å². The average Bonchev–Trinajstić information content (AvgIpc) is 3.34. The topological polar surface area (TPSA) is 105 Å². The van der Waals surface area contributed by atoms with Crippen LogP contribution in [0.15, 0.2) is 30.3 Å². The van der Waals surface area contributed by atoms with E-state index in [0.29, 0.717) is 12.8 Å². The zero-order chi connectivity index (χ0) is 27.4. The molecule has 2 N–H and O–H groups in total. The summed E-state index contributed by atoms with van der Waals surface area (Å²) in [5, 5.41) is 13.7. The molecule has 2 bridgehead atoms. The first-order valence-electron chi connectivity index (χ1n) is 13.4. The fraction of sp³-hybridized carbons (Fsp3) is 0.690. The van der Waals surface area contributed by atoms with E-state index in [-0.39, 0.29) is 30.4 Å². The molecule has 3 fully saturated rings. The molecule has 3 saturated heterocycles. The van der Waals surface area contributed by atoms with Crippen LogP contribution in [0.1, 0.15) is 79.3 Å². The second-order valence-electron chi connectivity index (χ2n) is 12.9. The van der Waals surface area contributed by atoms with Gasteiger partial charge in [0.05, 0.1) is 30.8 Å². The van der Waals surface area contributed by atoms with Crippen molar-refractivity contribution in [1.82, 2.24) is 10.2 Å². The summed E-state index contributed by atoms with van der Waals surface area (Å²) in [4.78, 5) is 43.1. The Labute approximate surface area is 220 Å². The van der Waals surface area contributed by atoms with Crippen molar-refractivity contribution in [3.05, 3.63) is 35.9 Å². The Kier molecular flexibility index (Phi) is 6.99. The van der Waals surface area contributed by atoms with Crippen LogP contribution in [0.25, 0.3) is 0 Å². The van der Waals surface area contributed by atoms with Crippen molar-refractivity contribution in [2.45, 2.75) is 96.6 Å². The highest BCUT2D eigenvalue weighted by Gasteiger charge is 2.79. The van der Waals surface area contributed by atoms with E-state index in [4.69, 9.17) is 9.47 Å². The van der Waals surface area contributed by atoms with Gasteiger partial charge in [-0.05, 0) is 57.9 Å². The predicted molar refractivity (Wildman–Crippen MR) is 138 cm³/mol. The number of carbonyl (C=O) groups is 3. The largest absolute Gasteiger partial charge is 0.466 e. The highest BCUT2D eigenvalue weighted by molar-refractivity contribution is 5.99. The second kappa shape index (κ2) is 9.38. The first-order chi connectivity index (χ1) is 17.2. The van der Waals surface area contributed by atoms with E-state index in [1.807, 2.05) is 51.1 Å². The standard InChI is InChI=1S/C29H42N2O6/c1-8-36-25(35)21-20-24(34)31(19(16-32)18-12-10-9-11-13-18)22(29(20)15-14-28(21,7)37-29)23(33)30-27(5,6)17-26(2,3)4/h9-13,19-22,32H,8,14-17H2,1-7H3,(H,30,33)/t19-,20+,21-,22?,28+,29?/m1/s1. The number of aliphatic hydroxyl groups excluding tert-OH is 1. The molecule has 204 valence electrons. The molecule has 1 spiro atoms. The molecule has 0 radical (unpaired) electrons. The lowest BCUT2D eigenvalue weighted by atomic mass is 9.66.